The molecule has 3 nitrogen and oxygen atoms in total. The number of ether oxygens (including phenoxy) is 1. The van der Waals surface area contributed by atoms with Gasteiger partial charge in [-0.15, -0.1) is 0 Å². The third-order valence-electron chi connectivity index (χ3n) is 3.14. The standard InChI is InChI=1S/C17H18O3/c18-15(13-12-14-6-2-1-3-7-14)8-4-9-16-10-5-11-17(19)20-16/h1-8,11,16H,9-10,12-13H2. The molecule has 0 aromatic heterocycles. The van der Waals surface area contributed by atoms with Crippen molar-refractivity contribution >= 4 is 11.8 Å². The lowest BCUT2D eigenvalue weighted by molar-refractivity contribution is -0.143. The fourth-order valence-corrected chi connectivity index (χ4v) is 2.06. The number of carbonyl (C=O) groups excluding carboxylic acids is 2. The van der Waals surface area contributed by atoms with Crippen molar-refractivity contribution in [3.8, 4) is 0 Å². The van der Waals surface area contributed by atoms with Gasteiger partial charge >= 0.3 is 5.97 Å². The second-order valence-corrected chi connectivity index (χ2v) is 4.79. The highest BCUT2D eigenvalue weighted by atomic mass is 16.5. The summed E-state index contributed by atoms with van der Waals surface area (Å²) in [5, 5.41) is 0. The second-order valence-electron chi connectivity index (χ2n) is 4.79. The molecule has 1 atom stereocenters. The maximum Gasteiger partial charge on any atom is 0.330 e. The molecule has 104 valence electrons. The van der Waals surface area contributed by atoms with Crippen LogP contribution in [0.4, 0.5) is 0 Å². The highest BCUT2D eigenvalue weighted by Crippen LogP contribution is 2.11. The van der Waals surface area contributed by atoms with E-state index in [0.717, 1.165) is 6.42 Å². The number of hydrogen-bond donors (Lipinski definition) is 0. The third-order valence-corrected chi connectivity index (χ3v) is 3.14. The number of hydrogen-bond acceptors (Lipinski definition) is 3. The first-order chi connectivity index (χ1) is 9.74. The number of rotatable bonds is 6. The van der Waals surface area contributed by atoms with Gasteiger partial charge < -0.3 is 4.74 Å². The Morgan fingerprint density at radius 1 is 1.30 bits per heavy atom. The number of esters is 1. The normalized spacial score (nSPS) is 18.2. The molecule has 1 aliphatic heterocycles. The predicted molar refractivity (Wildman–Crippen MR) is 77.2 cm³/mol. The topological polar surface area (TPSA) is 43.4 Å². The smallest absolute Gasteiger partial charge is 0.330 e. The summed E-state index contributed by atoms with van der Waals surface area (Å²) in [5.41, 5.74) is 1.17. The van der Waals surface area contributed by atoms with Gasteiger partial charge in [0.15, 0.2) is 5.78 Å². The van der Waals surface area contributed by atoms with Crippen molar-refractivity contribution < 1.29 is 14.3 Å². The molecule has 20 heavy (non-hydrogen) atoms. The average molecular weight is 270 g/mol. The lowest BCUT2D eigenvalue weighted by Crippen LogP contribution is -2.19. The highest BCUT2D eigenvalue weighted by Gasteiger charge is 2.13. The number of aryl methyl sites for hydroxylation is 1. The molecule has 3 heteroatoms. The molecule has 2 rings (SSSR count). The van der Waals surface area contributed by atoms with E-state index in [2.05, 4.69) is 0 Å². The fraction of sp³-hybridized carbons (Fsp3) is 0.294. The van der Waals surface area contributed by atoms with Crippen LogP contribution < -0.4 is 0 Å². The molecule has 1 aliphatic rings. The van der Waals surface area contributed by atoms with E-state index in [9.17, 15) is 9.59 Å². The molecule has 0 spiro atoms. The summed E-state index contributed by atoms with van der Waals surface area (Å²) in [6.07, 6.45) is 9.06. The minimum atomic E-state index is -0.301. The van der Waals surface area contributed by atoms with Gasteiger partial charge in [0, 0.05) is 25.3 Å². The van der Waals surface area contributed by atoms with Crippen LogP contribution in [0, 0.1) is 0 Å². The van der Waals surface area contributed by atoms with Crippen molar-refractivity contribution in [2.45, 2.75) is 31.8 Å². The summed E-state index contributed by atoms with van der Waals surface area (Å²) in [6, 6.07) is 9.95. The SMILES string of the molecule is O=C(C=CCC1CC=CC(=O)O1)CCc1ccccc1. The van der Waals surface area contributed by atoms with Crippen LogP contribution in [0.15, 0.2) is 54.6 Å². The monoisotopic (exact) mass is 270 g/mol. The first-order valence-electron chi connectivity index (χ1n) is 6.84. The van der Waals surface area contributed by atoms with E-state index >= 15 is 0 Å². The number of ketones is 1. The Balaban J connectivity index is 1.70. The number of allylic oxidation sites excluding steroid dienone is 1. The van der Waals surface area contributed by atoms with E-state index in [1.807, 2.05) is 36.4 Å². The summed E-state index contributed by atoms with van der Waals surface area (Å²) in [6.45, 7) is 0. The highest BCUT2D eigenvalue weighted by molar-refractivity contribution is 5.89. The fourth-order valence-electron chi connectivity index (χ4n) is 2.06. The third kappa shape index (κ3) is 4.84. The van der Waals surface area contributed by atoms with Gasteiger partial charge in [-0.3, -0.25) is 4.79 Å². The van der Waals surface area contributed by atoms with Gasteiger partial charge in [-0.25, -0.2) is 4.79 Å². The van der Waals surface area contributed by atoms with E-state index in [-0.39, 0.29) is 17.9 Å². The molecule has 0 radical (unpaired) electrons. The van der Waals surface area contributed by atoms with Crippen molar-refractivity contribution in [3.05, 3.63) is 60.2 Å². The van der Waals surface area contributed by atoms with Crippen LogP contribution in [0.1, 0.15) is 24.8 Å². The van der Waals surface area contributed by atoms with E-state index in [0.29, 0.717) is 19.3 Å². The number of benzene rings is 1. The van der Waals surface area contributed by atoms with Crippen LogP contribution in [-0.2, 0) is 20.7 Å². The molecule has 0 N–H and O–H groups in total. The molecule has 0 fully saturated rings. The molecule has 1 unspecified atom stereocenters. The first kappa shape index (κ1) is 14.3. The lowest BCUT2D eigenvalue weighted by Gasteiger charge is -2.16. The molecular weight excluding hydrogens is 252 g/mol. The largest absolute Gasteiger partial charge is 0.459 e. The summed E-state index contributed by atoms with van der Waals surface area (Å²) in [5.74, 6) is -0.198. The van der Waals surface area contributed by atoms with Crippen molar-refractivity contribution in [3.63, 3.8) is 0 Å². The predicted octanol–water partition coefficient (Wildman–Crippen LogP) is 3.01. The average Bonchev–Trinajstić information content (AvgIpc) is 2.46. The Morgan fingerprint density at radius 3 is 2.85 bits per heavy atom. The Morgan fingerprint density at radius 2 is 2.10 bits per heavy atom. The van der Waals surface area contributed by atoms with Crippen molar-refractivity contribution in [1.29, 1.82) is 0 Å². The Labute approximate surface area is 118 Å². The minimum absolute atomic E-state index is 0.103. The summed E-state index contributed by atoms with van der Waals surface area (Å²) < 4.78 is 5.11. The van der Waals surface area contributed by atoms with Crippen LogP contribution in [0.3, 0.4) is 0 Å². The summed E-state index contributed by atoms with van der Waals surface area (Å²) >= 11 is 0. The zero-order chi connectivity index (χ0) is 14.2. The molecule has 0 saturated heterocycles. The van der Waals surface area contributed by atoms with E-state index in [1.165, 1.54) is 11.6 Å². The van der Waals surface area contributed by atoms with Crippen molar-refractivity contribution in [2.24, 2.45) is 0 Å². The number of cyclic esters (lactones) is 1. The minimum Gasteiger partial charge on any atom is -0.459 e. The van der Waals surface area contributed by atoms with Crippen LogP contribution in [-0.4, -0.2) is 17.9 Å². The molecular formula is C17H18O3. The van der Waals surface area contributed by atoms with Gasteiger partial charge in [-0.1, -0.05) is 42.5 Å². The van der Waals surface area contributed by atoms with Gasteiger partial charge in [0.25, 0.3) is 0 Å². The maximum absolute atomic E-state index is 11.7. The van der Waals surface area contributed by atoms with Crippen molar-refractivity contribution in [1.82, 2.24) is 0 Å². The first-order valence-corrected chi connectivity index (χ1v) is 6.84. The van der Waals surface area contributed by atoms with E-state index < -0.39 is 0 Å². The summed E-state index contributed by atoms with van der Waals surface area (Å²) in [4.78, 5) is 22.7. The van der Waals surface area contributed by atoms with Gasteiger partial charge in [0.05, 0.1) is 0 Å². The Bertz CT molecular complexity index is 514. The van der Waals surface area contributed by atoms with E-state index in [1.54, 1.807) is 12.2 Å². The van der Waals surface area contributed by atoms with Gasteiger partial charge in [-0.2, -0.15) is 0 Å². The van der Waals surface area contributed by atoms with Gasteiger partial charge in [-0.05, 0) is 18.1 Å². The van der Waals surface area contributed by atoms with Crippen molar-refractivity contribution in [2.75, 3.05) is 0 Å². The number of carbonyl (C=O) groups is 2. The molecule has 0 amide bonds. The molecule has 0 saturated carbocycles. The lowest BCUT2D eigenvalue weighted by atomic mass is 10.1. The molecule has 1 aromatic carbocycles. The van der Waals surface area contributed by atoms with Crippen LogP contribution in [0.25, 0.3) is 0 Å². The Hall–Kier alpha value is -2.16. The van der Waals surface area contributed by atoms with Gasteiger partial charge in [0.2, 0.25) is 0 Å². The zero-order valence-corrected chi connectivity index (χ0v) is 11.3. The zero-order valence-electron chi connectivity index (χ0n) is 11.3. The van der Waals surface area contributed by atoms with Crippen LogP contribution in [0.5, 0.6) is 0 Å². The molecule has 0 aliphatic carbocycles. The molecule has 1 heterocycles. The van der Waals surface area contributed by atoms with Gasteiger partial charge in [0.1, 0.15) is 6.10 Å². The van der Waals surface area contributed by atoms with Crippen LogP contribution >= 0.6 is 0 Å². The quantitative estimate of drug-likeness (QED) is 0.589. The van der Waals surface area contributed by atoms with Crippen LogP contribution in [0.2, 0.25) is 0 Å². The molecule has 1 aromatic rings. The summed E-state index contributed by atoms with van der Waals surface area (Å²) in [7, 11) is 0. The van der Waals surface area contributed by atoms with E-state index in [4.69, 9.17) is 4.74 Å². The maximum atomic E-state index is 11.7. The molecule has 0 bridgehead atoms. The Kier molecular flexibility index (Phi) is 5.30. The second kappa shape index (κ2) is 7.43.